The minimum atomic E-state index is -1.11. The van der Waals surface area contributed by atoms with Gasteiger partial charge in [0.25, 0.3) is 0 Å². The highest BCUT2D eigenvalue weighted by Gasteiger charge is 2.50. The van der Waals surface area contributed by atoms with Gasteiger partial charge in [-0.3, -0.25) is 14.4 Å². The van der Waals surface area contributed by atoms with Crippen LogP contribution in [0.1, 0.15) is 40.2 Å². The highest BCUT2D eigenvalue weighted by molar-refractivity contribution is 7.18. The van der Waals surface area contributed by atoms with Crippen molar-refractivity contribution < 1.29 is 19.1 Å². The second-order valence-corrected chi connectivity index (χ2v) is 8.05. The first-order valence-electron chi connectivity index (χ1n) is 8.51. The minimum Gasteiger partial charge on any atom is -0.378 e. The van der Waals surface area contributed by atoms with Crippen molar-refractivity contribution in [3.63, 3.8) is 0 Å². The number of ether oxygens (including phenoxy) is 1. The highest BCUT2D eigenvalue weighted by Crippen LogP contribution is 2.41. The molecule has 0 aliphatic heterocycles. The van der Waals surface area contributed by atoms with E-state index in [0.29, 0.717) is 18.6 Å². The van der Waals surface area contributed by atoms with Crippen molar-refractivity contribution in [2.45, 2.75) is 32.8 Å². The number of hydrogen-bond acceptors (Lipinski definition) is 6. The van der Waals surface area contributed by atoms with Crippen molar-refractivity contribution in [3.05, 3.63) is 28.3 Å². The first-order valence-corrected chi connectivity index (χ1v) is 9.32. The first kappa shape index (κ1) is 16.5. The molecule has 1 aromatic heterocycles. The Morgan fingerprint density at radius 1 is 1.24 bits per heavy atom. The Kier molecular flexibility index (Phi) is 4.04. The van der Waals surface area contributed by atoms with E-state index in [4.69, 9.17) is 4.74 Å². The molecule has 0 saturated heterocycles. The Bertz CT molecular complexity index is 878. The second-order valence-electron chi connectivity index (χ2n) is 6.93. The van der Waals surface area contributed by atoms with Gasteiger partial charge in [-0.2, -0.15) is 0 Å². The van der Waals surface area contributed by atoms with E-state index >= 15 is 0 Å². The summed E-state index contributed by atoms with van der Waals surface area (Å²) in [5.74, 6) is -2.06. The molecule has 1 heterocycles. The fraction of sp³-hybridized carbons (Fsp3) is 0.474. The predicted molar refractivity (Wildman–Crippen MR) is 93.7 cm³/mol. The van der Waals surface area contributed by atoms with E-state index in [0.717, 1.165) is 33.6 Å². The maximum Gasteiger partial charge on any atom is 0.181 e. The van der Waals surface area contributed by atoms with Crippen LogP contribution in [0, 0.1) is 24.7 Å². The van der Waals surface area contributed by atoms with Crippen molar-refractivity contribution in [2.24, 2.45) is 17.8 Å². The van der Waals surface area contributed by atoms with Crippen molar-refractivity contribution in [1.29, 1.82) is 0 Å². The van der Waals surface area contributed by atoms with Crippen LogP contribution in [-0.2, 0) is 20.9 Å². The Morgan fingerprint density at radius 3 is 2.56 bits per heavy atom. The number of fused-ring (bicyclic) bond motifs is 3. The summed E-state index contributed by atoms with van der Waals surface area (Å²) in [6.45, 7) is 2.25. The van der Waals surface area contributed by atoms with Gasteiger partial charge in [-0.05, 0) is 43.9 Å². The van der Waals surface area contributed by atoms with Crippen LogP contribution in [0.4, 0.5) is 0 Å². The minimum absolute atomic E-state index is 0.117. The van der Waals surface area contributed by atoms with Gasteiger partial charge >= 0.3 is 0 Å². The summed E-state index contributed by atoms with van der Waals surface area (Å²) in [7, 11) is 1.61. The van der Waals surface area contributed by atoms with E-state index in [1.807, 2.05) is 13.0 Å². The van der Waals surface area contributed by atoms with Crippen LogP contribution in [0.15, 0.2) is 12.1 Å². The average Bonchev–Trinajstić information content (AvgIpc) is 3.19. The lowest BCUT2D eigenvalue weighted by Crippen LogP contribution is -2.41. The Morgan fingerprint density at radius 2 is 1.92 bits per heavy atom. The Balaban J connectivity index is 1.73. The third-order valence-electron chi connectivity index (χ3n) is 5.46. The maximum absolute atomic E-state index is 13.0. The molecule has 2 atom stereocenters. The molecular weight excluding hydrogens is 338 g/mol. The zero-order chi connectivity index (χ0) is 17.7. The molecule has 2 unspecified atom stereocenters. The van der Waals surface area contributed by atoms with Crippen LogP contribution in [0.25, 0.3) is 10.2 Å². The molecule has 2 bridgehead atoms. The van der Waals surface area contributed by atoms with Gasteiger partial charge < -0.3 is 4.74 Å². The molecule has 2 aliphatic carbocycles. The molecule has 0 N–H and O–H groups in total. The van der Waals surface area contributed by atoms with Gasteiger partial charge in [-0.25, -0.2) is 4.98 Å². The van der Waals surface area contributed by atoms with Crippen LogP contribution in [0.5, 0.6) is 0 Å². The molecule has 0 spiro atoms. The molecule has 6 heteroatoms. The van der Waals surface area contributed by atoms with Crippen LogP contribution in [0.3, 0.4) is 0 Å². The smallest absolute Gasteiger partial charge is 0.181 e. The lowest BCUT2D eigenvalue weighted by molar-refractivity contribution is -0.137. The molecule has 1 aromatic carbocycles. The maximum atomic E-state index is 13.0. The van der Waals surface area contributed by atoms with Crippen LogP contribution >= 0.6 is 11.3 Å². The van der Waals surface area contributed by atoms with Crippen LogP contribution < -0.4 is 0 Å². The molecule has 4 rings (SSSR count). The number of Topliss-reactive ketones (excluding diaryl/α,β-unsaturated/α-hetero) is 3. The van der Waals surface area contributed by atoms with E-state index in [2.05, 4.69) is 4.98 Å². The van der Waals surface area contributed by atoms with Gasteiger partial charge in [-0.15, -0.1) is 11.3 Å². The topological polar surface area (TPSA) is 73.3 Å². The first-order chi connectivity index (χ1) is 12.0. The molecule has 2 aromatic rings. The van der Waals surface area contributed by atoms with E-state index in [9.17, 15) is 14.4 Å². The molecule has 0 radical (unpaired) electrons. The zero-order valence-corrected chi connectivity index (χ0v) is 15.0. The monoisotopic (exact) mass is 357 g/mol. The molecular formula is C19H19NO4S. The molecule has 2 saturated carbocycles. The number of aryl methyl sites for hydroxylation is 1. The molecule has 130 valence electrons. The van der Waals surface area contributed by atoms with Crippen LogP contribution in [0.2, 0.25) is 0 Å². The van der Waals surface area contributed by atoms with Crippen molar-refractivity contribution >= 4 is 38.9 Å². The molecule has 0 amide bonds. The number of rotatable bonds is 4. The highest BCUT2D eigenvalue weighted by atomic mass is 32.1. The van der Waals surface area contributed by atoms with Gasteiger partial charge in [0, 0.05) is 24.5 Å². The number of nitrogens with zero attached hydrogens (tertiary/aromatic N) is 1. The number of benzene rings is 1. The van der Waals surface area contributed by atoms with E-state index in [1.54, 1.807) is 13.2 Å². The van der Waals surface area contributed by atoms with E-state index in [-0.39, 0.29) is 29.2 Å². The van der Waals surface area contributed by atoms with Gasteiger partial charge in [0.1, 0.15) is 10.9 Å². The summed E-state index contributed by atoms with van der Waals surface area (Å²) in [4.78, 5) is 42.8. The number of hydrogen-bond donors (Lipinski definition) is 0. The normalized spacial score (nSPS) is 25.8. The molecule has 2 aliphatic rings. The number of carbonyl (C=O) groups is 3. The zero-order valence-electron chi connectivity index (χ0n) is 14.2. The lowest BCUT2D eigenvalue weighted by Gasteiger charge is -2.24. The van der Waals surface area contributed by atoms with Gasteiger partial charge in [0.2, 0.25) is 0 Å². The van der Waals surface area contributed by atoms with E-state index < -0.39 is 5.92 Å². The van der Waals surface area contributed by atoms with Crippen molar-refractivity contribution in [3.8, 4) is 0 Å². The summed E-state index contributed by atoms with van der Waals surface area (Å²) in [5, 5.41) is 0.841. The van der Waals surface area contributed by atoms with Crippen LogP contribution in [-0.4, -0.2) is 29.4 Å². The fourth-order valence-electron chi connectivity index (χ4n) is 4.15. The summed E-state index contributed by atoms with van der Waals surface area (Å²) in [5.41, 5.74) is 1.93. The number of carbonyl (C=O) groups excluding carboxylic acids is 3. The average molecular weight is 357 g/mol. The number of methoxy groups -OCH3 is 1. The number of thiazole rings is 1. The summed E-state index contributed by atoms with van der Waals surface area (Å²) < 4.78 is 6.10. The molecule has 5 nitrogen and oxygen atoms in total. The van der Waals surface area contributed by atoms with Gasteiger partial charge in [-0.1, -0.05) is 0 Å². The fourth-order valence-corrected chi connectivity index (χ4v) is 5.15. The predicted octanol–water partition coefficient (Wildman–Crippen LogP) is 3.12. The quantitative estimate of drug-likeness (QED) is 0.621. The number of aromatic nitrogens is 1. The van der Waals surface area contributed by atoms with Gasteiger partial charge in [0.15, 0.2) is 17.3 Å². The molecule has 2 fully saturated rings. The standard InChI is InChI=1S/C19H19NO4S/c1-9-12(5-6-13-16(9)20-14(25-13)8-24-2)19(23)15-17(21)10-3-4-11(7-10)18(15)22/h5-6,10-11,15H,3-4,7-8H2,1-2H3. The van der Waals surface area contributed by atoms with Gasteiger partial charge in [0.05, 0.1) is 16.8 Å². The van der Waals surface area contributed by atoms with E-state index in [1.165, 1.54) is 11.3 Å². The van der Waals surface area contributed by atoms with Crippen molar-refractivity contribution in [1.82, 2.24) is 4.98 Å². The molecule has 25 heavy (non-hydrogen) atoms. The Hall–Kier alpha value is -1.92. The third-order valence-corrected chi connectivity index (χ3v) is 6.45. The lowest BCUT2D eigenvalue weighted by atomic mass is 9.75. The Labute approximate surface area is 149 Å². The SMILES string of the molecule is COCc1nc2c(C)c(C(=O)C3C(=O)C4CCC(C4)C3=O)ccc2s1. The van der Waals surface area contributed by atoms with Crippen molar-refractivity contribution in [2.75, 3.05) is 7.11 Å². The summed E-state index contributed by atoms with van der Waals surface area (Å²) >= 11 is 1.52. The summed E-state index contributed by atoms with van der Waals surface area (Å²) in [6, 6.07) is 3.57. The largest absolute Gasteiger partial charge is 0.378 e. The second kappa shape index (κ2) is 6.11. The number of ketones is 3. The third kappa shape index (κ3) is 2.55. The summed E-state index contributed by atoms with van der Waals surface area (Å²) in [6.07, 6.45) is 2.11.